The van der Waals surface area contributed by atoms with Crippen LogP contribution in [0.5, 0.6) is 11.5 Å². The van der Waals surface area contributed by atoms with E-state index in [1.54, 1.807) is 57.4 Å². The highest BCUT2D eigenvalue weighted by Crippen LogP contribution is 2.43. The molecule has 2 aromatic carbocycles. The van der Waals surface area contributed by atoms with Crippen LogP contribution in [-0.4, -0.2) is 32.0 Å². The van der Waals surface area contributed by atoms with Crippen LogP contribution in [-0.2, 0) is 17.1 Å². The van der Waals surface area contributed by atoms with Crippen molar-refractivity contribution in [3.05, 3.63) is 86.3 Å². The summed E-state index contributed by atoms with van der Waals surface area (Å²) in [7, 11) is -2.05. The molecule has 0 unspecified atom stereocenters. The molecule has 1 N–H and O–H groups in total. The fraction of sp³-hybridized carbons (Fsp3) is 0.241. The number of anilines is 1. The largest absolute Gasteiger partial charge is 0.456 e. The highest BCUT2D eigenvalue weighted by Gasteiger charge is 2.25. The van der Waals surface area contributed by atoms with Crippen LogP contribution in [0.2, 0.25) is 0 Å². The summed E-state index contributed by atoms with van der Waals surface area (Å²) < 4.78 is 49.4. The van der Waals surface area contributed by atoms with E-state index in [9.17, 15) is 22.4 Å². The number of aryl methyl sites for hydroxylation is 3. The van der Waals surface area contributed by atoms with Crippen LogP contribution in [0.25, 0.3) is 21.2 Å². The number of nitrogens with zero attached hydrogens (tertiary/aromatic N) is 2. The Hall–Kier alpha value is -3.96. The van der Waals surface area contributed by atoms with E-state index in [0.717, 1.165) is 0 Å². The van der Waals surface area contributed by atoms with Gasteiger partial charge in [0, 0.05) is 42.9 Å². The van der Waals surface area contributed by atoms with E-state index in [2.05, 4.69) is 5.32 Å². The van der Waals surface area contributed by atoms with Gasteiger partial charge in [0.15, 0.2) is 0 Å². The Morgan fingerprint density at radius 3 is 2.52 bits per heavy atom. The molecule has 0 fully saturated rings. The lowest BCUT2D eigenvalue weighted by atomic mass is 10.0. The third kappa shape index (κ3) is 5.02. The van der Waals surface area contributed by atoms with E-state index in [1.165, 1.54) is 37.7 Å². The zero-order valence-corrected chi connectivity index (χ0v) is 24.1. The fourth-order valence-electron chi connectivity index (χ4n) is 4.80. The van der Waals surface area contributed by atoms with Gasteiger partial charge < -0.3 is 14.6 Å². The number of carbonyl (C=O) groups is 1. The Morgan fingerprint density at radius 2 is 1.85 bits per heavy atom. The summed E-state index contributed by atoms with van der Waals surface area (Å²) >= 11 is 1.18. The van der Waals surface area contributed by atoms with Crippen LogP contribution in [0.1, 0.15) is 34.1 Å². The molecule has 40 heavy (non-hydrogen) atoms. The maximum Gasteiger partial charge on any atom is 0.261 e. The molecule has 5 rings (SSSR count). The summed E-state index contributed by atoms with van der Waals surface area (Å²) in [5, 5.41) is 4.32. The SMILES string of the molecule is CCNC(=O)c1cc2c(=O)n(C)cc(-c3cc(N4CCC=CS4(=O)=O)ccc3Oc3c(C)cc(F)cc3C)c2s1. The van der Waals surface area contributed by atoms with Crippen molar-refractivity contribution in [3.8, 4) is 22.6 Å². The lowest BCUT2D eigenvalue weighted by Crippen LogP contribution is -2.32. The Balaban J connectivity index is 1.77. The van der Waals surface area contributed by atoms with E-state index in [0.29, 0.717) is 67.4 Å². The highest BCUT2D eigenvalue weighted by atomic mass is 32.2. The van der Waals surface area contributed by atoms with E-state index in [4.69, 9.17) is 4.74 Å². The summed E-state index contributed by atoms with van der Waals surface area (Å²) in [6, 6.07) is 9.39. The first kappa shape index (κ1) is 27.6. The Kier molecular flexibility index (Phi) is 7.28. The molecule has 8 nitrogen and oxygen atoms in total. The number of halogens is 1. The van der Waals surface area contributed by atoms with Crippen molar-refractivity contribution in [3.63, 3.8) is 0 Å². The average molecular weight is 582 g/mol. The van der Waals surface area contributed by atoms with Gasteiger partial charge in [-0.25, -0.2) is 12.8 Å². The quantitative estimate of drug-likeness (QED) is 0.319. The van der Waals surface area contributed by atoms with E-state index < -0.39 is 10.0 Å². The summed E-state index contributed by atoms with van der Waals surface area (Å²) in [5.74, 6) is 0.196. The summed E-state index contributed by atoms with van der Waals surface area (Å²) in [6.45, 7) is 6.02. The number of benzene rings is 2. The number of hydrogen-bond acceptors (Lipinski definition) is 6. The monoisotopic (exact) mass is 581 g/mol. The van der Waals surface area contributed by atoms with Crippen molar-refractivity contribution in [2.24, 2.45) is 7.05 Å². The summed E-state index contributed by atoms with van der Waals surface area (Å²) in [6.07, 6.45) is 3.84. The lowest BCUT2D eigenvalue weighted by Gasteiger charge is -2.26. The van der Waals surface area contributed by atoms with Gasteiger partial charge in [-0.3, -0.25) is 13.9 Å². The fourth-order valence-corrected chi connectivity index (χ4v) is 7.19. The molecular weight excluding hydrogens is 553 g/mol. The predicted molar refractivity (Wildman–Crippen MR) is 156 cm³/mol. The second-order valence-electron chi connectivity index (χ2n) is 9.60. The smallest absolute Gasteiger partial charge is 0.261 e. The molecule has 0 saturated heterocycles. The standard InChI is InChI=1S/C29H28FN3O5S2/c1-5-31-28(34)25-15-22-27(39-25)23(16-32(4)29(22)35)21-14-20(33-10-6-7-11-40(33,36)37)8-9-24(21)38-26-17(2)12-19(30)13-18(26)3/h7-9,11-16H,5-6,10H2,1-4H3,(H,31,34). The van der Waals surface area contributed by atoms with Gasteiger partial charge in [-0.05, 0) is 74.7 Å². The molecule has 0 aliphatic carbocycles. The third-order valence-electron chi connectivity index (χ3n) is 6.66. The molecule has 1 aliphatic heterocycles. The van der Waals surface area contributed by atoms with Gasteiger partial charge in [-0.2, -0.15) is 0 Å². The average Bonchev–Trinajstić information content (AvgIpc) is 3.34. The van der Waals surface area contributed by atoms with Gasteiger partial charge in [-0.1, -0.05) is 6.08 Å². The molecule has 0 radical (unpaired) electrons. The van der Waals surface area contributed by atoms with Crippen LogP contribution < -0.4 is 19.9 Å². The van der Waals surface area contributed by atoms with Crippen molar-refractivity contribution in [1.82, 2.24) is 9.88 Å². The van der Waals surface area contributed by atoms with Gasteiger partial charge in [-0.15, -0.1) is 11.3 Å². The normalized spacial score (nSPS) is 14.5. The maximum atomic E-state index is 14.0. The second kappa shape index (κ2) is 10.5. The maximum absolute atomic E-state index is 14.0. The number of thiophene rings is 1. The van der Waals surface area contributed by atoms with Gasteiger partial charge in [0.05, 0.1) is 20.7 Å². The molecule has 1 amide bonds. The topological polar surface area (TPSA) is 97.7 Å². The first-order valence-electron chi connectivity index (χ1n) is 12.7. The number of amides is 1. The zero-order chi connectivity index (χ0) is 28.8. The molecule has 0 atom stereocenters. The highest BCUT2D eigenvalue weighted by molar-refractivity contribution is 7.95. The van der Waals surface area contributed by atoms with Gasteiger partial charge >= 0.3 is 0 Å². The second-order valence-corrected chi connectivity index (χ2v) is 12.4. The molecule has 0 spiro atoms. The van der Waals surface area contributed by atoms with Gasteiger partial charge in [0.2, 0.25) is 0 Å². The van der Waals surface area contributed by atoms with Crippen LogP contribution in [0.3, 0.4) is 0 Å². The molecule has 1 aliphatic rings. The van der Waals surface area contributed by atoms with Crippen molar-refractivity contribution in [2.45, 2.75) is 27.2 Å². The van der Waals surface area contributed by atoms with E-state index in [-0.39, 0.29) is 23.8 Å². The van der Waals surface area contributed by atoms with Crippen LogP contribution >= 0.6 is 11.3 Å². The number of fused-ring (bicyclic) bond motifs is 1. The number of ether oxygens (including phenoxy) is 1. The van der Waals surface area contributed by atoms with Crippen molar-refractivity contribution in [1.29, 1.82) is 0 Å². The van der Waals surface area contributed by atoms with E-state index in [1.807, 2.05) is 6.92 Å². The molecule has 2 aromatic heterocycles. The molecular formula is C29H28FN3O5S2. The van der Waals surface area contributed by atoms with Crippen molar-refractivity contribution >= 4 is 43.0 Å². The third-order valence-corrected chi connectivity index (χ3v) is 9.38. The number of nitrogens with one attached hydrogen (secondary N) is 1. The minimum Gasteiger partial charge on any atom is -0.456 e. The molecule has 0 bridgehead atoms. The Morgan fingerprint density at radius 1 is 1.12 bits per heavy atom. The predicted octanol–water partition coefficient (Wildman–Crippen LogP) is 5.62. The molecule has 208 valence electrons. The zero-order valence-electron chi connectivity index (χ0n) is 22.4. The molecule has 11 heteroatoms. The number of carbonyl (C=O) groups excluding carboxylic acids is 1. The van der Waals surface area contributed by atoms with Gasteiger partial charge in [0.25, 0.3) is 21.5 Å². The van der Waals surface area contributed by atoms with Gasteiger partial charge in [0.1, 0.15) is 17.3 Å². The number of hydrogen-bond donors (Lipinski definition) is 1. The van der Waals surface area contributed by atoms with E-state index >= 15 is 0 Å². The van der Waals surface area contributed by atoms with Crippen molar-refractivity contribution < 1.29 is 22.3 Å². The number of rotatable bonds is 6. The first-order valence-corrected chi connectivity index (χ1v) is 15.0. The van der Waals surface area contributed by atoms with Crippen LogP contribution in [0, 0.1) is 19.7 Å². The lowest BCUT2D eigenvalue weighted by molar-refractivity contribution is 0.0960. The molecule has 4 aromatic rings. The Bertz CT molecular complexity index is 1830. The van der Waals surface area contributed by atoms with Crippen molar-refractivity contribution in [2.75, 3.05) is 17.4 Å². The van der Waals surface area contributed by atoms with Crippen LogP contribution in [0.4, 0.5) is 10.1 Å². The minimum absolute atomic E-state index is 0.266. The minimum atomic E-state index is -3.67. The first-order chi connectivity index (χ1) is 19.0. The number of aromatic nitrogens is 1. The molecule has 3 heterocycles. The number of pyridine rings is 1. The molecule has 0 saturated carbocycles. The Labute approximate surface area is 235 Å². The summed E-state index contributed by atoms with van der Waals surface area (Å²) in [5.41, 5.74) is 2.47. The van der Waals surface area contributed by atoms with Crippen LogP contribution in [0.15, 0.2) is 58.9 Å². The number of sulfonamides is 1. The summed E-state index contributed by atoms with van der Waals surface area (Å²) in [4.78, 5) is 26.1.